The summed E-state index contributed by atoms with van der Waals surface area (Å²) >= 11 is 6.84. The molecular weight excluding hydrogens is 444 g/mol. The van der Waals surface area contributed by atoms with Crippen LogP contribution in [0.4, 0.5) is 5.69 Å². The molecule has 0 spiro atoms. The third-order valence-electron chi connectivity index (χ3n) is 4.45. The summed E-state index contributed by atoms with van der Waals surface area (Å²) in [5.74, 6) is -0.787. The van der Waals surface area contributed by atoms with E-state index in [4.69, 9.17) is 11.6 Å². The van der Waals surface area contributed by atoms with E-state index in [0.29, 0.717) is 29.4 Å². The number of carbonyl (C=O) groups is 1. The van der Waals surface area contributed by atoms with E-state index in [2.05, 4.69) is 5.32 Å². The maximum Gasteiger partial charge on any atom is 0.252 e. The predicted octanol–water partition coefficient (Wildman–Crippen LogP) is 2.84. The van der Waals surface area contributed by atoms with Gasteiger partial charge >= 0.3 is 0 Å². The molecule has 0 saturated carbocycles. The highest BCUT2D eigenvalue weighted by molar-refractivity contribution is 7.91. The van der Waals surface area contributed by atoms with Gasteiger partial charge in [-0.25, -0.2) is 16.8 Å². The van der Waals surface area contributed by atoms with Crippen molar-refractivity contribution in [2.45, 2.75) is 21.9 Å². The number of anilines is 1. The van der Waals surface area contributed by atoms with Crippen LogP contribution in [0.2, 0.25) is 4.34 Å². The molecule has 1 N–H and O–H groups in total. The molecule has 1 saturated heterocycles. The number of thiophene rings is 1. The minimum atomic E-state index is -3.68. The number of amides is 1. The lowest BCUT2D eigenvalue weighted by molar-refractivity contribution is -0.120. The molecule has 1 atom stereocenters. The summed E-state index contributed by atoms with van der Waals surface area (Å²) < 4.78 is 50.4. The smallest absolute Gasteiger partial charge is 0.252 e. The van der Waals surface area contributed by atoms with Crippen LogP contribution in [0, 0.1) is 5.92 Å². The molecule has 0 bridgehead atoms. The van der Waals surface area contributed by atoms with Crippen LogP contribution in [0.3, 0.4) is 0 Å². The van der Waals surface area contributed by atoms with E-state index in [1.165, 1.54) is 40.7 Å². The number of nitrogens with zero attached hydrogens (tertiary/aromatic N) is 1. The third kappa shape index (κ3) is 4.74. The van der Waals surface area contributed by atoms with Crippen LogP contribution >= 0.6 is 22.9 Å². The van der Waals surface area contributed by atoms with Crippen molar-refractivity contribution in [2.75, 3.05) is 24.7 Å². The zero-order valence-electron chi connectivity index (χ0n) is 15.0. The summed E-state index contributed by atoms with van der Waals surface area (Å²) in [5, 5.41) is 2.73. The predicted molar refractivity (Wildman–Crippen MR) is 109 cm³/mol. The highest BCUT2D eigenvalue weighted by Crippen LogP contribution is 2.31. The minimum absolute atomic E-state index is 0.0884. The first kappa shape index (κ1) is 21.3. The van der Waals surface area contributed by atoms with Crippen molar-refractivity contribution in [3.05, 3.63) is 40.7 Å². The molecular formula is C17H19ClN2O5S3. The van der Waals surface area contributed by atoms with Gasteiger partial charge < -0.3 is 5.32 Å². The van der Waals surface area contributed by atoms with Crippen molar-refractivity contribution in [3.63, 3.8) is 0 Å². The molecule has 1 aliphatic rings. The molecule has 2 heterocycles. The molecule has 2 aromatic rings. The second-order valence-corrected chi connectivity index (χ2v) is 12.4. The summed E-state index contributed by atoms with van der Waals surface area (Å²) in [6.07, 6.45) is 2.26. The normalized spacial score (nSPS) is 18.7. The first-order valence-corrected chi connectivity index (χ1v) is 13.0. The fourth-order valence-electron chi connectivity index (χ4n) is 2.97. The van der Waals surface area contributed by atoms with Gasteiger partial charge in [-0.1, -0.05) is 11.6 Å². The first-order valence-electron chi connectivity index (χ1n) is 8.44. The minimum Gasteiger partial charge on any atom is -0.326 e. The summed E-state index contributed by atoms with van der Waals surface area (Å²) in [6.45, 7) is 0.440. The van der Waals surface area contributed by atoms with Crippen molar-refractivity contribution in [1.29, 1.82) is 0 Å². The second kappa shape index (κ2) is 8.11. The Morgan fingerprint density at radius 3 is 2.39 bits per heavy atom. The summed E-state index contributed by atoms with van der Waals surface area (Å²) in [7, 11) is -6.99. The number of hydrogen-bond donors (Lipinski definition) is 1. The van der Waals surface area contributed by atoms with E-state index in [0.717, 1.165) is 17.6 Å². The maximum absolute atomic E-state index is 12.7. The van der Waals surface area contributed by atoms with Gasteiger partial charge in [0.25, 0.3) is 10.0 Å². The Morgan fingerprint density at radius 2 is 1.82 bits per heavy atom. The zero-order valence-corrected chi connectivity index (χ0v) is 18.2. The second-order valence-electron chi connectivity index (χ2n) is 6.55. The van der Waals surface area contributed by atoms with Crippen LogP contribution in [0.25, 0.3) is 0 Å². The number of sulfonamides is 1. The van der Waals surface area contributed by atoms with E-state index in [1.54, 1.807) is 0 Å². The van der Waals surface area contributed by atoms with Crippen LogP contribution in [0.5, 0.6) is 0 Å². The van der Waals surface area contributed by atoms with Crippen molar-refractivity contribution in [2.24, 2.45) is 5.92 Å². The molecule has 7 nitrogen and oxygen atoms in total. The molecule has 0 radical (unpaired) electrons. The lowest BCUT2D eigenvalue weighted by Crippen LogP contribution is -2.43. The Kier molecular flexibility index (Phi) is 6.16. The fraction of sp³-hybridized carbons (Fsp3) is 0.353. The third-order valence-corrected chi connectivity index (χ3v) is 9.14. The van der Waals surface area contributed by atoms with E-state index >= 15 is 0 Å². The summed E-state index contributed by atoms with van der Waals surface area (Å²) in [5.41, 5.74) is 0.461. The molecule has 3 rings (SSSR count). The number of nitrogens with one attached hydrogen (secondary N) is 1. The van der Waals surface area contributed by atoms with Gasteiger partial charge in [0.05, 0.1) is 15.1 Å². The van der Waals surface area contributed by atoms with Gasteiger partial charge in [-0.05, 0) is 49.2 Å². The lowest BCUT2D eigenvalue weighted by atomic mass is 9.99. The summed E-state index contributed by atoms with van der Waals surface area (Å²) in [6, 6.07) is 8.87. The molecule has 1 fully saturated rings. The Balaban J connectivity index is 1.69. The fourth-order valence-corrected chi connectivity index (χ4v) is 6.76. The molecule has 1 aromatic carbocycles. The average Bonchev–Trinajstić information content (AvgIpc) is 3.09. The molecule has 1 aliphatic heterocycles. The highest BCUT2D eigenvalue weighted by atomic mass is 35.5. The van der Waals surface area contributed by atoms with Crippen LogP contribution < -0.4 is 5.32 Å². The molecule has 1 unspecified atom stereocenters. The number of benzene rings is 1. The van der Waals surface area contributed by atoms with Gasteiger partial charge in [-0.15, -0.1) is 11.3 Å². The van der Waals surface area contributed by atoms with Crippen molar-refractivity contribution < 1.29 is 21.6 Å². The van der Waals surface area contributed by atoms with Crippen LogP contribution in [-0.2, 0) is 24.7 Å². The quantitative estimate of drug-likeness (QED) is 0.736. The molecule has 28 heavy (non-hydrogen) atoms. The van der Waals surface area contributed by atoms with Crippen LogP contribution in [-0.4, -0.2) is 46.4 Å². The van der Waals surface area contributed by atoms with E-state index < -0.39 is 25.8 Å². The number of halogens is 1. The van der Waals surface area contributed by atoms with Gasteiger partial charge in [0.2, 0.25) is 5.91 Å². The zero-order chi connectivity index (χ0) is 20.5. The molecule has 152 valence electrons. The molecule has 1 amide bonds. The Morgan fingerprint density at radius 1 is 1.14 bits per heavy atom. The largest absolute Gasteiger partial charge is 0.326 e. The average molecular weight is 463 g/mol. The number of rotatable bonds is 5. The first-order chi connectivity index (χ1) is 13.1. The topological polar surface area (TPSA) is 101 Å². The Labute approximate surface area is 173 Å². The number of hydrogen-bond acceptors (Lipinski definition) is 6. The number of sulfone groups is 1. The molecule has 0 aliphatic carbocycles. The van der Waals surface area contributed by atoms with Gasteiger partial charge in [0.15, 0.2) is 9.84 Å². The van der Waals surface area contributed by atoms with E-state index in [-0.39, 0.29) is 21.6 Å². The molecule has 11 heteroatoms. The van der Waals surface area contributed by atoms with Crippen molar-refractivity contribution in [3.8, 4) is 0 Å². The number of piperidine rings is 1. The van der Waals surface area contributed by atoms with Gasteiger partial charge in [-0.3, -0.25) is 4.79 Å². The monoisotopic (exact) mass is 462 g/mol. The Hall–Kier alpha value is -1.46. The van der Waals surface area contributed by atoms with E-state index in [9.17, 15) is 21.6 Å². The maximum atomic E-state index is 12.7. The molecule has 1 aromatic heterocycles. The van der Waals surface area contributed by atoms with Gasteiger partial charge in [-0.2, -0.15) is 4.31 Å². The van der Waals surface area contributed by atoms with Crippen LogP contribution in [0.15, 0.2) is 45.5 Å². The van der Waals surface area contributed by atoms with E-state index in [1.807, 2.05) is 0 Å². The van der Waals surface area contributed by atoms with Crippen LogP contribution in [0.1, 0.15) is 12.8 Å². The Bertz CT molecular complexity index is 1080. The lowest BCUT2D eigenvalue weighted by Gasteiger charge is -2.30. The number of carbonyl (C=O) groups excluding carboxylic acids is 1. The highest BCUT2D eigenvalue weighted by Gasteiger charge is 2.34. The van der Waals surface area contributed by atoms with Gasteiger partial charge in [0.1, 0.15) is 4.21 Å². The van der Waals surface area contributed by atoms with Crippen molar-refractivity contribution >= 4 is 54.4 Å². The standard InChI is InChI=1S/C17H19ClN2O5S3/c1-27(22,23)14-6-4-13(5-7-14)19-17(21)12-3-2-10-20(11-12)28(24,25)16-9-8-15(18)26-16/h4-9,12H,2-3,10-11H2,1H3,(H,19,21). The van der Waals surface area contributed by atoms with Gasteiger partial charge in [0, 0.05) is 25.0 Å². The SMILES string of the molecule is CS(=O)(=O)c1ccc(NC(=O)C2CCCN(S(=O)(=O)c3ccc(Cl)s3)C2)cc1. The summed E-state index contributed by atoms with van der Waals surface area (Å²) in [4.78, 5) is 12.8. The van der Waals surface area contributed by atoms with Crippen molar-refractivity contribution in [1.82, 2.24) is 4.31 Å².